The summed E-state index contributed by atoms with van der Waals surface area (Å²) in [7, 11) is 0. The Morgan fingerprint density at radius 3 is 2.36 bits per heavy atom. The second-order valence-corrected chi connectivity index (χ2v) is 7.10. The highest BCUT2D eigenvalue weighted by atomic mass is 16.6. The maximum atomic E-state index is 12.7. The van der Waals surface area contributed by atoms with Crippen molar-refractivity contribution in [2.75, 3.05) is 13.2 Å². The van der Waals surface area contributed by atoms with E-state index in [-0.39, 0.29) is 5.91 Å². The number of rotatable bonds is 4. The van der Waals surface area contributed by atoms with Crippen molar-refractivity contribution in [2.45, 2.75) is 19.4 Å². The molecule has 0 unspecified atom stereocenters. The Morgan fingerprint density at radius 2 is 1.64 bits per heavy atom. The van der Waals surface area contributed by atoms with Crippen molar-refractivity contribution in [2.24, 2.45) is 0 Å². The number of carbonyl (C=O) groups is 1. The first-order chi connectivity index (χ1) is 13.5. The average molecular weight is 375 g/mol. The lowest BCUT2D eigenvalue weighted by molar-refractivity contribution is 0.0911. The lowest BCUT2D eigenvalue weighted by atomic mass is 9.93. The van der Waals surface area contributed by atoms with Gasteiger partial charge in [-0.2, -0.15) is 0 Å². The molecule has 0 saturated heterocycles. The van der Waals surface area contributed by atoms with E-state index in [9.17, 15) is 4.79 Å². The fraction of sp³-hybridized carbons (Fsp3) is 0.227. The molecule has 1 aliphatic heterocycles. The summed E-state index contributed by atoms with van der Waals surface area (Å²) >= 11 is 0. The van der Waals surface area contributed by atoms with Gasteiger partial charge in [0, 0.05) is 18.0 Å². The van der Waals surface area contributed by atoms with Crippen LogP contribution in [0.15, 0.2) is 60.9 Å². The predicted octanol–water partition coefficient (Wildman–Crippen LogP) is 3.58. The summed E-state index contributed by atoms with van der Waals surface area (Å²) in [6, 6.07) is 15.4. The van der Waals surface area contributed by atoms with Gasteiger partial charge in [-0.05, 0) is 31.5 Å². The number of nitrogens with one attached hydrogen (secondary N) is 1. The van der Waals surface area contributed by atoms with Gasteiger partial charge in [0.15, 0.2) is 17.3 Å². The van der Waals surface area contributed by atoms with E-state index in [1.165, 1.54) is 0 Å². The van der Waals surface area contributed by atoms with Gasteiger partial charge in [-0.3, -0.25) is 4.79 Å². The summed E-state index contributed by atoms with van der Waals surface area (Å²) in [5, 5.41) is 3.04. The lowest BCUT2D eigenvalue weighted by Crippen LogP contribution is -2.41. The van der Waals surface area contributed by atoms with Crippen molar-refractivity contribution >= 4 is 5.91 Å². The predicted molar refractivity (Wildman–Crippen MR) is 105 cm³/mol. The number of hydrogen-bond donors (Lipinski definition) is 1. The Hall–Kier alpha value is -3.41. The summed E-state index contributed by atoms with van der Waals surface area (Å²) in [4.78, 5) is 21.4. The monoisotopic (exact) mass is 375 g/mol. The highest BCUT2D eigenvalue weighted by Gasteiger charge is 2.26. The molecular weight excluding hydrogens is 354 g/mol. The molecule has 28 heavy (non-hydrogen) atoms. The van der Waals surface area contributed by atoms with Crippen LogP contribution in [0.5, 0.6) is 11.5 Å². The van der Waals surface area contributed by atoms with Crippen molar-refractivity contribution in [3.8, 4) is 22.9 Å². The Labute approximate surface area is 163 Å². The largest absolute Gasteiger partial charge is 0.486 e. The second kappa shape index (κ2) is 7.31. The summed E-state index contributed by atoms with van der Waals surface area (Å²) < 4.78 is 11.2. The Kier molecular flexibility index (Phi) is 4.69. The molecule has 2 heterocycles. The van der Waals surface area contributed by atoms with E-state index in [2.05, 4.69) is 15.3 Å². The zero-order chi connectivity index (χ0) is 19.6. The van der Waals surface area contributed by atoms with Crippen molar-refractivity contribution in [1.29, 1.82) is 0 Å². The van der Waals surface area contributed by atoms with Crippen LogP contribution in [-0.4, -0.2) is 29.1 Å². The smallest absolute Gasteiger partial charge is 0.255 e. The molecule has 0 bridgehead atoms. The molecule has 1 amide bonds. The van der Waals surface area contributed by atoms with Gasteiger partial charge in [0.25, 0.3) is 5.91 Å². The van der Waals surface area contributed by atoms with Crippen LogP contribution in [0.25, 0.3) is 11.4 Å². The molecule has 0 saturated carbocycles. The summed E-state index contributed by atoms with van der Waals surface area (Å²) in [5.74, 6) is 1.77. The molecule has 4 rings (SSSR count). The molecule has 0 radical (unpaired) electrons. The number of amides is 1. The van der Waals surface area contributed by atoms with Crippen LogP contribution in [0.2, 0.25) is 0 Å². The van der Waals surface area contributed by atoms with Gasteiger partial charge in [-0.1, -0.05) is 36.4 Å². The Bertz CT molecular complexity index is 986. The first-order valence-electron chi connectivity index (χ1n) is 9.13. The highest BCUT2D eigenvalue weighted by molar-refractivity contribution is 5.94. The van der Waals surface area contributed by atoms with E-state index in [0.717, 1.165) is 16.9 Å². The molecule has 0 atom stereocenters. The fourth-order valence-corrected chi connectivity index (χ4v) is 3.04. The molecule has 0 fully saturated rings. The summed E-state index contributed by atoms with van der Waals surface area (Å²) in [6.45, 7) is 4.95. The van der Waals surface area contributed by atoms with Gasteiger partial charge in [-0.25, -0.2) is 9.97 Å². The van der Waals surface area contributed by atoms with Gasteiger partial charge in [0.1, 0.15) is 13.2 Å². The standard InChI is InChI=1S/C22H21N3O3/c1-22(2,17-8-9-18-19(12-17)28-11-10-27-18)25-21(26)16-13-23-20(24-14-16)15-6-4-3-5-7-15/h3-9,12-14H,10-11H2,1-2H3,(H,25,26). The first-order valence-corrected chi connectivity index (χ1v) is 9.13. The highest BCUT2D eigenvalue weighted by Crippen LogP contribution is 2.34. The van der Waals surface area contributed by atoms with Gasteiger partial charge in [0.2, 0.25) is 0 Å². The fourth-order valence-electron chi connectivity index (χ4n) is 3.04. The average Bonchev–Trinajstić information content (AvgIpc) is 2.74. The van der Waals surface area contributed by atoms with Crippen LogP contribution in [0.1, 0.15) is 29.8 Å². The van der Waals surface area contributed by atoms with Crippen LogP contribution >= 0.6 is 0 Å². The van der Waals surface area contributed by atoms with E-state index in [1.54, 1.807) is 12.4 Å². The molecule has 0 aliphatic carbocycles. The second-order valence-electron chi connectivity index (χ2n) is 7.10. The van der Waals surface area contributed by atoms with Crippen molar-refractivity contribution in [3.63, 3.8) is 0 Å². The number of carbonyl (C=O) groups excluding carboxylic acids is 1. The third kappa shape index (κ3) is 3.67. The molecule has 1 aromatic heterocycles. The molecule has 1 N–H and O–H groups in total. The van der Waals surface area contributed by atoms with Gasteiger partial charge in [-0.15, -0.1) is 0 Å². The number of nitrogens with zero attached hydrogens (tertiary/aromatic N) is 2. The number of fused-ring (bicyclic) bond motifs is 1. The molecule has 0 spiro atoms. The van der Waals surface area contributed by atoms with Gasteiger partial charge < -0.3 is 14.8 Å². The third-order valence-electron chi connectivity index (χ3n) is 4.64. The Balaban J connectivity index is 1.51. The maximum Gasteiger partial charge on any atom is 0.255 e. The maximum absolute atomic E-state index is 12.7. The molecule has 142 valence electrons. The van der Waals surface area contributed by atoms with Crippen LogP contribution < -0.4 is 14.8 Å². The van der Waals surface area contributed by atoms with E-state index in [4.69, 9.17) is 9.47 Å². The minimum absolute atomic E-state index is 0.237. The van der Waals surface area contributed by atoms with E-state index in [1.807, 2.05) is 62.4 Å². The molecule has 6 heteroatoms. The van der Waals surface area contributed by atoms with Crippen molar-refractivity contribution < 1.29 is 14.3 Å². The molecule has 3 aromatic rings. The quantitative estimate of drug-likeness (QED) is 0.755. The van der Waals surface area contributed by atoms with Crippen molar-refractivity contribution in [3.05, 3.63) is 72.1 Å². The zero-order valence-corrected chi connectivity index (χ0v) is 15.8. The molecule has 6 nitrogen and oxygen atoms in total. The minimum atomic E-state index is -0.606. The van der Waals surface area contributed by atoms with Gasteiger partial charge >= 0.3 is 0 Å². The zero-order valence-electron chi connectivity index (χ0n) is 15.8. The third-order valence-corrected chi connectivity index (χ3v) is 4.64. The topological polar surface area (TPSA) is 73.3 Å². The van der Waals surface area contributed by atoms with Crippen LogP contribution in [-0.2, 0) is 5.54 Å². The normalized spacial score (nSPS) is 13.1. The van der Waals surface area contributed by atoms with E-state index >= 15 is 0 Å². The molecule has 1 aliphatic rings. The minimum Gasteiger partial charge on any atom is -0.486 e. The van der Waals surface area contributed by atoms with E-state index in [0.29, 0.717) is 30.4 Å². The Morgan fingerprint density at radius 1 is 0.964 bits per heavy atom. The van der Waals surface area contributed by atoms with Crippen LogP contribution in [0.4, 0.5) is 0 Å². The van der Waals surface area contributed by atoms with Crippen molar-refractivity contribution in [1.82, 2.24) is 15.3 Å². The number of aromatic nitrogens is 2. The van der Waals surface area contributed by atoms with Crippen LogP contribution in [0.3, 0.4) is 0 Å². The summed E-state index contributed by atoms with van der Waals surface area (Å²) in [6.07, 6.45) is 3.09. The molecule has 2 aromatic carbocycles. The number of ether oxygens (including phenoxy) is 2. The van der Waals surface area contributed by atoms with E-state index < -0.39 is 5.54 Å². The number of benzene rings is 2. The lowest BCUT2D eigenvalue weighted by Gasteiger charge is -2.28. The number of hydrogen-bond acceptors (Lipinski definition) is 5. The molecular formula is C22H21N3O3. The summed E-state index contributed by atoms with van der Waals surface area (Å²) in [5.41, 5.74) is 1.63. The van der Waals surface area contributed by atoms with Gasteiger partial charge in [0.05, 0.1) is 11.1 Å². The SMILES string of the molecule is CC(C)(NC(=O)c1cnc(-c2ccccc2)nc1)c1ccc2c(c1)OCCO2. The van der Waals surface area contributed by atoms with Crippen LogP contribution in [0, 0.1) is 0 Å². The first kappa shape index (κ1) is 18.0.